The van der Waals surface area contributed by atoms with Crippen molar-refractivity contribution in [3.63, 3.8) is 0 Å². The third kappa shape index (κ3) is 4.11. The van der Waals surface area contributed by atoms with Crippen molar-refractivity contribution >= 4 is 27.2 Å². The summed E-state index contributed by atoms with van der Waals surface area (Å²) in [5, 5.41) is 20.3. The van der Waals surface area contributed by atoms with Crippen LogP contribution in [0.1, 0.15) is 22.8 Å². The van der Waals surface area contributed by atoms with Crippen LogP contribution in [0.5, 0.6) is 0 Å². The predicted molar refractivity (Wildman–Crippen MR) is 105 cm³/mol. The number of carbonyl (C=O) groups excluding carboxylic acids is 1. The fourth-order valence-corrected chi connectivity index (χ4v) is 4.60. The Balaban J connectivity index is 1.79. The molecule has 0 saturated carbocycles. The minimum Gasteiger partial charge on any atom is -0.363 e. The van der Waals surface area contributed by atoms with Gasteiger partial charge in [0, 0.05) is 37.8 Å². The molecule has 0 spiro atoms. The Bertz CT molecular complexity index is 1100. The van der Waals surface area contributed by atoms with E-state index in [1.165, 1.54) is 53.7 Å². The maximum Gasteiger partial charge on any atom is 0.293 e. The number of nitro benzene ring substituents is 1. The molecule has 0 amide bonds. The van der Waals surface area contributed by atoms with Crippen LogP contribution in [0.4, 0.5) is 11.4 Å². The normalized spacial score (nSPS) is 15.0. The van der Waals surface area contributed by atoms with Crippen LogP contribution in [0.25, 0.3) is 0 Å². The molecule has 1 heterocycles. The van der Waals surface area contributed by atoms with Crippen molar-refractivity contribution in [2.45, 2.75) is 11.8 Å². The summed E-state index contributed by atoms with van der Waals surface area (Å²) in [7, 11) is -3.72. The second-order valence-electron chi connectivity index (χ2n) is 6.54. The molecule has 0 unspecified atom stereocenters. The number of nitro groups is 1. The molecule has 0 aromatic heterocycles. The van der Waals surface area contributed by atoms with Crippen LogP contribution in [0.3, 0.4) is 0 Å². The van der Waals surface area contributed by atoms with Crippen molar-refractivity contribution in [1.29, 1.82) is 5.26 Å². The highest BCUT2D eigenvalue weighted by molar-refractivity contribution is 7.89. The summed E-state index contributed by atoms with van der Waals surface area (Å²) in [5.74, 6) is -0.266. The molecule has 1 fully saturated rings. The zero-order valence-corrected chi connectivity index (χ0v) is 16.4. The highest BCUT2D eigenvalue weighted by Crippen LogP contribution is 2.31. The van der Waals surface area contributed by atoms with E-state index in [0.29, 0.717) is 11.3 Å². The van der Waals surface area contributed by atoms with Gasteiger partial charge in [-0.1, -0.05) is 0 Å². The zero-order valence-electron chi connectivity index (χ0n) is 15.6. The van der Waals surface area contributed by atoms with Gasteiger partial charge in [0.2, 0.25) is 10.0 Å². The first-order valence-corrected chi connectivity index (χ1v) is 10.2. The van der Waals surface area contributed by atoms with Crippen molar-refractivity contribution in [1.82, 2.24) is 4.31 Å². The molecule has 29 heavy (non-hydrogen) atoms. The number of sulfonamides is 1. The van der Waals surface area contributed by atoms with E-state index in [4.69, 9.17) is 5.26 Å². The van der Waals surface area contributed by atoms with Crippen molar-refractivity contribution in [3.05, 3.63) is 63.7 Å². The molecule has 150 valence electrons. The number of Topliss-reactive ketones (excluding diaryl/α,β-unsaturated/α-hetero) is 1. The molecule has 0 bridgehead atoms. The number of rotatable bonds is 5. The summed E-state index contributed by atoms with van der Waals surface area (Å²) < 4.78 is 26.9. The van der Waals surface area contributed by atoms with Gasteiger partial charge in [-0.3, -0.25) is 14.9 Å². The molecule has 0 N–H and O–H groups in total. The quantitative estimate of drug-likeness (QED) is 0.417. The second-order valence-corrected chi connectivity index (χ2v) is 8.48. The van der Waals surface area contributed by atoms with E-state index in [1.807, 2.05) is 6.07 Å². The molecule has 3 rings (SSSR count). The smallest absolute Gasteiger partial charge is 0.293 e. The number of carbonyl (C=O) groups is 1. The van der Waals surface area contributed by atoms with Crippen LogP contribution >= 0.6 is 0 Å². The summed E-state index contributed by atoms with van der Waals surface area (Å²) in [6, 6.07) is 11.9. The first-order chi connectivity index (χ1) is 13.7. The lowest BCUT2D eigenvalue weighted by atomic mass is 10.1. The molecule has 1 saturated heterocycles. The average Bonchev–Trinajstić information content (AvgIpc) is 2.73. The number of anilines is 1. The number of hydrogen-bond acceptors (Lipinski definition) is 7. The van der Waals surface area contributed by atoms with Crippen molar-refractivity contribution in [2.24, 2.45) is 0 Å². The minimum absolute atomic E-state index is 0.0988. The maximum absolute atomic E-state index is 12.8. The van der Waals surface area contributed by atoms with E-state index >= 15 is 0 Å². The number of nitriles is 1. The topological polar surface area (TPSA) is 125 Å². The average molecular weight is 414 g/mol. The second kappa shape index (κ2) is 7.98. The number of benzene rings is 2. The Morgan fingerprint density at radius 2 is 1.72 bits per heavy atom. The van der Waals surface area contributed by atoms with E-state index in [2.05, 4.69) is 0 Å². The largest absolute Gasteiger partial charge is 0.363 e. The van der Waals surface area contributed by atoms with Crippen molar-refractivity contribution in [3.8, 4) is 6.07 Å². The SMILES string of the molecule is CC(=O)c1ccc(N2CCN(S(=O)(=O)c3ccc(C#N)cc3)CC2)c([N+](=O)[O-])c1. The first kappa shape index (κ1) is 20.4. The molecule has 0 aliphatic carbocycles. The van der Waals surface area contributed by atoms with Crippen LogP contribution in [0.15, 0.2) is 47.4 Å². The molecule has 0 atom stereocenters. The fourth-order valence-electron chi connectivity index (χ4n) is 3.18. The monoisotopic (exact) mass is 414 g/mol. The van der Waals surface area contributed by atoms with E-state index in [0.717, 1.165) is 0 Å². The zero-order chi connectivity index (χ0) is 21.2. The molecule has 2 aromatic rings. The highest BCUT2D eigenvalue weighted by Gasteiger charge is 2.31. The Morgan fingerprint density at radius 1 is 1.10 bits per heavy atom. The van der Waals surface area contributed by atoms with Gasteiger partial charge >= 0.3 is 0 Å². The van der Waals surface area contributed by atoms with E-state index < -0.39 is 14.9 Å². The van der Waals surface area contributed by atoms with Gasteiger partial charge in [-0.15, -0.1) is 0 Å². The van der Waals surface area contributed by atoms with Crippen LogP contribution in [0.2, 0.25) is 0 Å². The van der Waals surface area contributed by atoms with E-state index in [-0.39, 0.29) is 48.1 Å². The Hall–Kier alpha value is -3.29. The summed E-state index contributed by atoms with van der Waals surface area (Å²) in [6.07, 6.45) is 0. The standard InChI is InChI=1S/C19H18N4O5S/c1-14(24)16-4-7-18(19(12-16)23(25)26)21-8-10-22(11-9-21)29(27,28)17-5-2-15(13-20)3-6-17/h2-7,12H,8-11H2,1H3. The molecule has 1 aliphatic rings. The Morgan fingerprint density at radius 3 is 2.24 bits per heavy atom. The van der Waals surface area contributed by atoms with Gasteiger partial charge in [0.25, 0.3) is 5.69 Å². The van der Waals surface area contributed by atoms with Gasteiger partial charge in [0.15, 0.2) is 5.78 Å². The summed E-state index contributed by atoms with van der Waals surface area (Å²) >= 11 is 0. The lowest BCUT2D eigenvalue weighted by molar-refractivity contribution is -0.384. The molecule has 0 radical (unpaired) electrons. The molecule has 10 heteroatoms. The lowest BCUT2D eigenvalue weighted by Gasteiger charge is -2.35. The first-order valence-electron chi connectivity index (χ1n) is 8.78. The van der Waals surface area contributed by atoms with Crippen LogP contribution in [-0.2, 0) is 10.0 Å². The van der Waals surface area contributed by atoms with Crippen LogP contribution in [-0.4, -0.2) is 49.6 Å². The molecular weight excluding hydrogens is 396 g/mol. The van der Waals surface area contributed by atoms with Gasteiger partial charge in [-0.25, -0.2) is 8.42 Å². The summed E-state index contributed by atoms with van der Waals surface area (Å²) in [5.41, 5.74) is 0.800. The number of piperazine rings is 1. The third-order valence-corrected chi connectivity index (χ3v) is 6.69. The molecular formula is C19H18N4O5S. The predicted octanol–water partition coefficient (Wildman–Crippen LogP) is 2.18. The van der Waals surface area contributed by atoms with E-state index in [9.17, 15) is 23.3 Å². The van der Waals surface area contributed by atoms with Gasteiger partial charge in [-0.05, 0) is 43.3 Å². The summed E-state index contributed by atoms with van der Waals surface area (Å²) in [4.78, 5) is 24.2. The maximum atomic E-state index is 12.8. The molecule has 2 aromatic carbocycles. The van der Waals surface area contributed by atoms with Crippen LogP contribution < -0.4 is 4.90 Å². The van der Waals surface area contributed by atoms with Gasteiger partial charge in [0.05, 0.1) is 21.5 Å². The molecule has 9 nitrogen and oxygen atoms in total. The van der Waals surface area contributed by atoms with Crippen LogP contribution in [0, 0.1) is 21.4 Å². The Kier molecular flexibility index (Phi) is 5.63. The lowest BCUT2D eigenvalue weighted by Crippen LogP contribution is -2.48. The number of hydrogen-bond donors (Lipinski definition) is 0. The molecule has 1 aliphatic heterocycles. The summed E-state index contributed by atoms with van der Waals surface area (Å²) in [6.45, 7) is 2.21. The van der Waals surface area contributed by atoms with E-state index in [1.54, 1.807) is 4.90 Å². The Labute approximate surface area is 168 Å². The third-order valence-electron chi connectivity index (χ3n) is 4.78. The van der Waals surface area contributed by atoms with Gasteiger partial charge in [-0.2, -0.15) is 9.57 Å². The number of ketones is 1. The van der Waals surface area contributed by atoms with Crippen molar-refractivity contribution < 1.29 is 18.1 Å². The number of nitrogens with zero attached hydrogens (tertiary/aromatic N) is 4. The van der Waals surface area contributed by atoms with Gasteiger partial charge < -0.3 is 4.90 Å². The minimum atomic E-state index is -3.72. The fraction of sp³-hybridized carbons (Fsp3) is 0.263. The van der Waals surface area contributed by atoms with Gasteiger partial charge in [0.1, 0.15) is 5.69 Å². The highest BCUT2D eigenvalue weighted by atomic mass is 32.2. The van der Waals surface area contributed by atoms with Crippen molar-refractivity contribution in [2.75, 3.05) is 31.1 Å².